The molecule has 0 saturated heterocycles. The van der Waals surface area contributed by atoms with Gasteiger partial charge in [0.1, 0.15) is 10.7 Å². The second kappa shape index (κ2) is 5.24. The summed E-state index contributed by atoms with van der Waals surface area (Å²) in [4.78, 5) is 3.62. The molecule has 0 fully saturated rings. The van der Waals surface area contributed by atoms with Crippen LogP contribution in [0.3, 0.4) is 0 Å². The lowest BCUT2D eigenvalue weighted by Crippen LogP contribution is -2.15. The quantitative estimate of drug-likeness (QED) is 0.911. The molecule has 3 N–H and O–H groups in total. The van der Waals surface area contributed by atoms with Crippen molar-refractivity contribution in [1.29, 1.82) is 0 Å². The Morgan fingerprint density at radius 1 is 1.21 bits per heavy atom. The maximum Gasteiger partial charge on any atom is 0.265 e. The molecule has 2 rings (SSSR count). The molecule has 0 spiro atoms. The lowest BCUT2D eigenvalue weighted by atomic mass is 10.3. The van der Waals surface area contributed by atoms with Crippen LogP contribution in [0.25, 0.3) is 0 Å². The van der Waals surface area contributed by atoms with E-state index in [9.17, 15) is 8.42 Å². The summed E-state index contributed by atoms with van der Waals surface area (Å²) in [6, 6.07) is 7.27. The van der Waals surface area contributed by atoms with Gasteiger partial charge in [-0.1, -0.05) is 23.2 Å². The second-order valence-electron chi connectivity index (χ2n) is 3.62. The maximum absolute atomic E-state index is 12.1. The number of nitrogens with zero attached hydrogens (tertiary/aromatic N) is 1. The van der Waals surface area contributed by atoms with Gasteiger partial charge in [0.25, 0.3) is 10.0 Å². The molecule has 100 valence electrons. The van der Waals surface area contributed by atoms with Crippen molar-refractivity contribution in [2.45, 2.75) is 4.90 Å². The minimum absolute atomic E-state index is 0.0833. The lowest BCUT2D eigenvalue weighted by molar-refractivity contribution is 0.601. The number of sulfonamides is 1. The third kappa shape index (κ3) is 3.09. The number of pyridine rings is 1. The molecule has 0 amide bonds. The summed E-state index contributed by atoms with van der Waals surface area (Å²) in [5, 5.41) is 0.604. The average Bonchev–Trinajstić information content (AvgIpc) is 2.33. The Hall–Kier alpha value is -1.50. The summed E-state index contributed by atoms with van der Waals surface area (Å²) in [6.07, 6.45) is 1.41. The average molecular weight is 318 g/mol. The van der Waals surface area contributed by atoms with Crippen LogP contribution in [-0.4, -0.2) is 13.4 Å². The Kier molecular flexibility index (Phi) is 3.84. The largest absolute Gasteiger partial charge is 0.383 e. The highest BCUT2D eigenvalue weighted by Crippen LogP contribution is 2.28. The van der Waals surface area contributed by atoms with Gasteiger partial charge in [0.2, 0.25) is 0 Å². The van der Waals surface area contributed by atoms with Crippen molar-refractivity contribution in [2.24, 2.45) is 0 Å². The molecule has 2 aromatic rings. The predicted octanol–water partition coefficient (Wildman–Crippen LogP) is 2.77. The van der Waals surface area contributed by atoms with E-state index >= 15 is 0 Å². The molecule has 0 aliphatic carbocycles. The Morgan fingerprint density at radius 2 is 1.95 bits per heavy atom. The smallest absolute Gasteiger partial charge is 0.265 e. The highest BCUT2D eigenvalue weighted by Gasteiger charge is 2.19. The minimum Gasteiger partial charge on any atom is -0.383 e. The summed E-state index contributed by atoms with van der Waals surface area (Å²) in [7, 11) is -3.84. The first-order valence-electron chi connectivity index (χ1n) is 5.08. The van der Waals surface area contributed by atoms with Crippen molar-refractivity contribution >= 4 is 44.7 Å². The molecule has 0 atom stereocenters. The standard InChI is InChI=1S/C11H9Cl2N3O2S/c12-7-3-4-9(8(13)6-7)16-19(17,18)10-2-1-5-15-11(10)14/h1-6,16H,(H2,14,15). The summed E-state index contributed by atoms with van der Waals surface area (Å²) in [5.74, 6) is -0.0833. The van der Waals surface area contributed by atoms with Crippen LogP contribution in [0.4, 0.5) is 11.5 Å². The summed E-state index contributed by atoms with van der Waals surface area (Å²) >= 11 is 11.6. The number of nitrogens with two attached hydrogens (primary N) is 1. The number of hydrogen-bond acceptors (Lipinski definition) is 4. The molecule has 0 unspecified atom stereocenters. The van der Waals surface area contributed by atoms with Gasteiger partial charge in [-0.25, -0.2) is 13.4 Å². The van der Waals surface area contributed by atoms with Gasteiger partial charge >= 0.3 is 0 Å². The lowest BCUT2D eigenvalue weighted by Gasteiger charge is -2.10. The number of benzene rings is 1. The van der Waals surface area contributed by atoms with Crippen LogP contribution >= 0.6 is 23.2 Å². The Bertz CT molecular complexity index is 720. The number of aromatic nitrogens is 1. The zero-order valence-corrected chi connectivity index (χ0v) is 11.8. The SMILES string of the molecule is Nc1ncccc1S(=O)(=O)Nc1ccc(Cl)cc1Cl. The van der Waals surface area contributed by atoms with Gasteiger partial charge in [0, 0.05) is 11.2 Å². The van der Waals surface area contributed by atoms with Crippen LogP contribution in [-0.2, 0) is 10.0 Å². The van der Waals surface area contributed by atoms with Gasteiger partial charge in [-0.05, 0) is 30.3 Å². The molecule has 0 bridgehead atoms. The molecule has 1 heterocycles. The van der Waals surface area contributed by atoms with Gasteiger partial charge in [-0.2, -0.15) is 0 Å². The molecule has 19 heavy (non-hydrogen) atoms. The normalized spacial score (nSPS) is 11.3. The molecule has 0 aliphatic heterocycles. The molecule has 5 nitrogen and oxygen atoms in total. The topological polar surface area (TPSA) is 85.1 Å². The summed E-state index contributed by atoms with van der Waals surface area (Å²) in [5.41, 5.74) is 5.76. The molecule has 0 saturated carbocycles. The van der Waals surface area contributed by atoms with Crippen LogP contribution in [0.1, 0.15) is 0 Å². The minimum atomic E-state index is -3.84. The van der Waals surface area contributed by atoms with E-state index in [1.807, 2.05) is 0 Å². The first-order chi connectivity index (χ1) is 8.90. The van der Waals surface area contributed by atoms with Crippen LogP contribution in [0.2, 0.25) is 10.0 Å². The molecular formula is C11H9Cl2N3O2S. The van der Waals surface area contributed by atoms with E-state index in [2.05, 4.69) is 9.71 Å². The molecule has 0 aliphatic rings. The van der Waals surface area contributed by atoms with Gasteiger partial charge < -0.3 is 5.73 Å². The monoisotopic (exact) mass is 317 g/mol. The molecule has 8 heteroatoms. The van der Waals surface area contributed by atoms with Crippen molar-refractivity contribution in [2.75, 3.05) is 10.5 Å². The van der Waals surface area contributed by atoms with Gasteiger partial charge in [-0.15, -0.1) is 0 Å². The van der Waals surface area contributed by atoms with E-state index in [1.165, 1.54) is 36.5 Å². The van der Waals surface area contributed by atoms with Crippen LogP contribution < -0.4 is 10.5 Å². The van der Waals surface area contributed by atoms with Crippen LogP contribution in [0, 0.1) is 0 Å². The highest BCUT2D eigenvalue weighted by atomic mass is 35.5. The van der Waals surface area contributed by atoms with E-state index in [4.69, 9.17) is 28.9 Å². The number of rotatable bonds is 3. The molecule has 1 aromatic carbocycles. The second-order valence-corrected chi connectivity index (χ2v) is 6.11. The Morgan fingerprint density at radius 3 is 2.58 bits per heavy atom. The number of hydrogen-bond donors (Lipinski definition) is 2. The Labute approximate surface area is 120 Å². The number of anilines is 2. The van der Waals surface area contributed by atoms with Gasteiger partial charge in [-0.3, -0.25) is 4.72 Å². The summed E-state index contributed by atoms with van der Waals surface area (Å²) in [6.45, 7) is 0. The number of nitrogen functional groups attached to an aromatic ring is 1. The van der Waals surface area contributed by atoms with Crippen LogP contribution in [0.5, 0.6) is 0 Å². The van der Waals surface area contributed by atoms with Gasteiger partial charge in [0.15, 0.2) is 0 Å². The fourth-order valence-corrected chi connectivity index (χ4v) is 3.08. The van der Waals surface area contributed by atoms with E-state index in [-0.39, 0.29) is 21.4 Å². The predicted molar refractivity (Wildman–Crippen MR) is 75.9 cm³/mol. The van der Waals surface area contributed by atoms with E-state index < -0.39 is 10.0 Å². The van der Waals surface area contributed by atoms with E-state index in [0.717, 1.165) is 0 Å². The third-order valence-electron chi connectivity index (χ3n) is 2.26. The van der Waals surface area contributed by atoms with Crippen molar-refractivity contribution in [3.63, 3.8) is 0 Å². The molecular weight excluding hydrogens is 309 g/mol. The zero-order valence-electron chi connectivity index (χ0n) is 9.47. The number of nitrogens with one attached hydrogen (secondary N) is 1. The fraction of sp³-hybridized carbons (Fsp3) is 0. The van der Waals surface area contributed by atoms with Gasteiger partial charge in [0.05, 0.1) is 10.7 Å². The fourth-order valence-electron chi connectivity index (χ4n) is 1.40. The maximum atomic E-state index is 12.1. The van der Waals surface area contributed by atoms with Crippen molar-refractivity contribution in [3.8, 4) is 0 Å². The first kappa shape index (κ1) is 13.9. The Balaban J connectivity index is 2.40. The van der Waals surface area contributed by atoms with Crippen molar-refractivity contribution < 1.29 is 8.42 Å². The van der Waals surface area contributed by atoms with E-state index in [1.54, 1.807) is 0 Å². The zero-order chi connectivity index (χ0) is 14.0. The van der Waals surface area contributed by atoms with E-state index in [0.29, 0.717) is 5.02 Å². The first-order valence-corrected chi connectivity index (χ1v) is 7.32. The van der Waals surface area contributed by atoms with Crippen molar-refractivity contribution in [1.82, 2.24) is 4.98 Å². The van der Waals surface area contributed by atoms with Crippen LogP contribution in [0.15, 0.2) is 41.4 Å². The van der Waals surface area contributed by atoms with Crippen molar-refractivity contribution in [3.05, 3.63) is 46.6 Å². The molecule has 1 aromatic heterocycles. The molecule has 0 radical (unpaired) electrons. The summed E-state index contributed by atoms with van der Waals surface area (Å²) < 4.78 is 26.6. The third-order valence-corrected chi connectivity index (χ3v) is 4.23. The highest BCUT2D eigenvalue weighted by molar-refractivity contribution is 7.92. The number of halogens is 2.